The zero-order chi connectivity index (χ0) is 21.7. The van der Waals surface area contributed by atoms with Crippen molar-refractivity contribution >= 4 is 23.2 Å². The van der Waals surface area contributed by atoms with Crippen LogP contribution in [0, 0.1) is 0 Å². The molecule has 3 N–H and O–H groups in total. The van der Waals surface area contributed by atoms with E-state index in [2.05, 4.69) is 10.00 Å². The Labute approximate surface area is 178 Å². The molecule has 1 aliphatic heterocycles. The van der Waals surface area contributed by atoms with Crippen molar-refractivity contribution in [1.29, 1.82) is 0 Å². The lowest BCUT2D eigenvalue weighted by molar-refractivity contribution is -0.141. The van der Waals surface area contributed by atoms with Crippen LogP contribution in [0.4, 0.5) is 18.9 Å². The zero-order valence-corrected chi connectivity index (χ0v) is 17.3. The summed E-state index contributed by atoms with van der Waals surface area (Å²) in [6.07, 6.45) is -0.0245. The number of nitrogens with two attached hydrogens (primary N) is 1. The normalized spacial score (nSPS) is 15.7. The van der Waals surface area contributed by atoms with Crippen LogP contribution in [0.15, 0.2) is 24.3 Å². The Morgan fingerprint density at radius 3 is 2.53 bits per heavy atom. The van der Waals surface area contributed by atoms with Gasteiger partial charge in [0.05, 0.1) is 0 Å². The van der Waals surface area contributed by atoms with E-state index < -0.39 is 17.8 Å². The number of nitrogen functional groups attached to an aromatic ring is 1. The summed E-state index contributed by atoms with van der Waals surface area (Å²) >= 11 is 6.25. The Kier molecular flexibility index (Phi) is 7.25. The Bertz CT molecular complexity index is 862. The third kappa shape index (κ3) is 5.89. The van der Waals surface area contributed by atoms with Gasteiger partial charge in [-0.1, -0.05) is 24.4 Å². The van der Waals surface area contributed by atoms with E-state index in [1.54, 1.807) is 18.2 Å². The molecule has 0 spiro atoms. The zero-order valence-electron chi connectivity index (χ0n) is 16.5. The quantitative estimate of drug-likeness (QED) is 0.656. The molecule has 0 radical (unpaired) electrons. The lowest BCUT2D eigenvalue weighted by Crippen LogP contribution is -2.39. The first kappa shape index (κ1) is 22.4. The van der Waals surface area contributed by atoms with E-state index in [0.29, 0.717) is 29.4 Å². The van der Waals surface area contributed by atoms with Gasteiger partial charge in [0.15, 0.2) is 5.69 Å². The summed E-state index contributed by atoms with van der Waals surface area (Å²) in [7, 11) is 0. The second-order valence-electron chi connectivity index (χ2n) is 7.50. The standard InChI is InChI=1S/C20H25ClF3N5O/c21-16-6-5-15(25)11-14(16)13-29(10-9-28-7-3-1-2-4-8-28)19(30)17-12-18(27-26-17)20(22,23)24/h5-6,11-12H,1-4,7-10,13,25H2,(H,26,27). The van der Waals surface area contributed by atoms with Gasteiger partial charge < -0.3 is 15.5 Å². The second kappa shape index (κ2) is 9.70. The predicted molar refractivity (Wildman–Crippen MR) is 109 cm³/mol. The SMILES string of the molecule is Nc1ccc(Cl)c(CN(CCN2CCCCCC2)C(=O)c2cc(C(F)(F)F)[nH]n2)c1. The molecule has 2 aromatic rings. The molecule has 1 aromatic carbocycles. The number of aromatic nitrogens is 2. The molecule has 2 heterocycles. The van der Waals surface area contributed by atoms with Gasteiger partial charge in [0.25, 0.3) is 5.91 Å². The van der Waals surface area contributed by atoms with Gasteiger partial charge in [-0.25, -0.2) is 0 Å². The third-order valence-corrected chi connectivity index (χ3v) is 5.57. The van der Waals surface area contributed by atoms with Crippen LogP contribution in [0.2, 0.25) is 5.02 Å². The van der Waals surface area contributed by atoms with Crippen molar-refractivity contribution in [3.05, 3.63) is 46.2 Å². The summed E-state index contributed by atoms with van der Waals surface area (Å²) in [5.41, 5.74) is 5.63. The van der Waals surface area contributed by atoms with E-state index in [9.17, 15) is 18.0 Å². The number of carbonyl (C=O) groups excluding carboxylic acids is 1. The minimum atomic E-state index is -4.60. The van der Waals surface area contributed by atoms with Crippen LogP contribution in [-0.4, -0.2) is 52.1 Å². The molecule has 0 aliphatic carbocycles. The van der Waals surface area contributed by atoms with Crippen molar-refractivity contribution in [1.82, 2.24) is 20.0 Å². The van der Waals surface area contributed by atoms with Crippen molar-refractivity contribution < 1.29 is 18.0 Å². The molecule has 1 aliphatic rings. The fourth-order valence-corrected chi connectivity index (χ4v) is 3.71. The number of halogens is 4. The highest BCUT2D eigenvalue weighted by Gasteiger charge is 2.34. The molecule has 0 saturated carbocycles. The number of nitrogens with zero attached hydrogens (tertiary/aromatic N) is 3. The molecule has 0 unspecified atom stereocenters. The van der Waals surface area contributed by atoms with Gasteiger partial charge in [-0.05, 0) is 49.7 Å². The molecule has 6 nitrogen and oxygen atoms in total. The lowest BCUT2D eigenvalue weighted by Gasteiger charge is -2.27. The fraction of sp³-hybridized carbons (Fsp3) is 0.500. The maximum Gasteiger partial charge on any atom is 0.432 e. The highest BCUT2D eigenvalue weighted by molar-refractivity contribution is 6.31. The van der Waals surface area contributed by atoms with E-state index in [0.717, 1.165) is 32.0 Å². The molecule has 0 bridgehead atoms. The number of likely N-dealkylation sites (tertiary alicyclic amines) is 1. The van der Waals surface area contributed by atoms with Gasteiger partial charge in [0, 0.05) is 36.4 Å². The number of amides is 1. The fourth-order valence-electron chi connectivity index (χ4n) is 3.53. The van der Waals surface area contributed by atoms with E-state index >= 15 is 0 Å². The van der Waals surface area contributed by atoms with Crippen molar-refractivity contribution in [2.24, 2.45) is 0 Å². The molecule has 1 amide bonds. The Hall–Kier alpha value is -2.26. The first-order valence-electron chi connectivity index (χ1n) is 9.92. The van der Waals surface area contributed by atoms with Crippen LogP contribution >= 0.6 is 11.6 Å². The van der Waals surface area contributed by atoms with Gasteiger partial charge >= 0.3 is 6.18 Å². The largest absolute Gasteiger partial charge is 0.432 e. The van der Waals surface area contributed by atoms with Crippen LogP contribution < -0.4 is 5.73 Å². The number of carbonyl (C=O) groups is 1. The molecule has 1 saturated heterocycles. The summed E-state index contributed by atoms with van der Waals surface area (Å²) in [5, 5.41) is 5.93. The number of hydrogen-bond acceptors (Lipinski definition) is 4. The van der Waals surface area contributed by atoms with Crippen LogP contribution in [0.5, 0.6) is 0 Å². The monoisotopic (exact) mass is 443 g/mol. The number of alkyl halides is 3. The Morgan fingerprint density at radius 2 is 1.90 bits per heavy atom. The van der Waals surface area contributed by atoms with E-state index in [-0.39, 0.29) is 12.2 Å². The number of H-pyrrole nitrogens is 1. The molecule has 164 valence electrons. The third-order valence-electron chi connectivity index (χ3n) is 5.21. The average molecular weight is 444 g/mol. The topological polar surface area (TPSA) is 78.2 Å². The van der Waals surface area contributed by atoms with Crippen molar-refractivity contribution in [3.63, 3.8) is 0 Å². The Morgan fingerprint density at radius 1 is 1.20 bits per heavy atom. The summed E-state index contributed by atoms with van der Waals surface area (Å²) in [4.78, 5) is 16.8. The summed E-state index contributed by atoms with van der Waals surface area (Å²) < 4.78 is 38.7. The van der Waals surface area contributed by atoms with Gasteiger partial charge in [0.1, 0.15) is 5.69 Å². The van der Waals surface area contributed by atoms with E-state index in [1.165, 1.54) is 17.7 Å². The second-order valence-corrected chi connectivity index (χ2v) is 7.91. The van der Waals surface area contributed by atoms with Gasteiger partial charge in [-0.15, -0.1) is 0 Å². The van der Waals surface area contributed by atoms with Crippen LogP contribution in [0.1, 0.15) is 47.4 Å². The summed E-state index contributed by atoms with van der Waals surface area (Å²) in [6, 6.07) is 5.70. The Balaban J connectivity index is 1.79. The van der Waals surface area contributed by atoms with E-state index in [1.807, 2.05) is 5.10 Å². The molecule has 10 heteroatoms. The molecule has 1 aromatic heterocycles. The van der Waals surface area contributed by atoms with Gasteiger partial charge in [0.2, 0.25) is 0 Å². The maximum atomic E-state index is 13.0. The van der Waals surface area contributed by atoms with Crippen molar-refractivity contribution in [2.45, 2.75) is 38.4 Å². The molecule has 0 atom stereocenters. The number of aromatic amines is 1. The number of benzene rings is 1. The van der Waals surface area contributed by atoms with E-state index in [4.69, 9.17) is 17.3 Å². The molecule has 3 rings (SSSR count). The maximum absolute atomic E-state index is 13.0. The first-order chi connectivity index (χ1) is 14.2. The number of hydrogen-bond donors (Lipinski definition) is 2. The number of anilines is 1. The highest BCUT2D eigenvalue weighted by Crippen LogP contribution is 2.28. The number of rotatable bonds is 6. The predicted octanol–water partition coefficient (Wildman–Crippen LogP) is 4.18. The van der Waals surface area contributed by atoms with Crippen LogP contribution in [0.3, 0.4) is 0 Å². The first-order valence-corrected chi connectivity index (χ1v) is 10.3. The molecule has 30 heavy (non-hydrogen) atoms. The van der Waals surface area contributed by atoms with Crippen LogP contribution in [0.25, 0.3) is 0 Å². The minimum absolute atomic E-state index is 0.130. The molecular weight excluding hydrogens is 419 g/mol. The van der Waals surface area contributed by atoms with Gasteiger partial charge in [-0.3, -0.25) is 9.89 Å². The minimum Gasteiger partial charge on any atom is -0.399 e. The average Bonchev–Trinajstić information content (AvgIpc) is 3.06. The summed E-state index contributed by atoms with van der Waals surface area (Å²) in [5.74, 6) is -0.588. The van der Waals surface area contributed by atoms with Crippen molar-refractivity contribution in [2.75, 3.05) is 31.9 Å². The smallest absolute Gasteiger partial charge is 0.399 e. The molecule has 1 fully saturated rings. The van der Waals surface area contributed by atoms with Crippen LogP contribution in [-0.2, 0) is 12.7 Å². The summed E-state index contributed by atoms with van der Waals surface area (Å²) in [6.45, 7) is 2.99. The van der Waals surface area contributed by atoms with Crippen molar-refractivity contribution in [3.8, 4) is 0 Å². The number of nitrogens with one attached hydrogen (secondary N) is 1. The lowest BCUT2D eigenvalue weighted by atomic mass is 10.1. The molecular formula is C20H25ClF3N5O. The van der Waals surface area contributed by atoms with Gasteiger partial charge in [-0.2, -0.15) is 18.3 Å². The highest BCUT2D eigenvalue weighted by atomic mass is 35.5.